The molecule has 8 nitrogen and oxygen atoms in total. The SMILES string of the molecule is O=C(NCc1nnnn1-c1cccc(Br)c1)c1cc2ccccc2oc1=O. The van der Waals surface area contributed by atoms with E-state index in [1.165, 1.54) is 10.7 Å². The topological polar surface area (TPSA) is 103 Å². The zero-order valence-electron chi connectivity index (χ0n) is 13.8. The van der Waals surface area contributed by atoms with Crippen LogP contribution in [0.1, 0.15) is 16.2 Å². The first-order valence-corrected chi connectivity index (χ1v) is 8.75. The van der Waals surface area contributed by atoms with Gasteiger partial charge in [-0.2, -0.15) is 4.68 Å². The number of hydrogen-bond donors (Lipinski definition) is 1. The Balaban J connectivity index is 1.57. The van der Waals surface area contributed by atoms with Crippen LogP contribution in [-0.4, -0.2) is 26.1 Å². The van der Waals surface area contributed by atoms with E-state index in [0.717, 1.165) is 10.2 Å². The normalized spacial score (nSPS) is 10.9. The molecule has 0 aliphatic heterocycles. The van der Waals surface area contributed by atoms with Gasteiger partial charge in [0.2, 0.25) is 0 Å². The molecule has 0 radical (unpaired) electrons. The number of aromatic nitrogens is 4. The van der Waals surface area contributed by atoms with E-state index in [4.69, 9.17) is 4.42 Å². The maximum Gasteiger partial charge on any atom is 0.349 e. The zero-order chi connectivity index (χ0) is 18.8. The van der Waals surface area contributed by atoms with Gasteiger partial charge in [0.15, 0.2) is 5.82 Å². The van der Waals surface area contributed by atoms with E-state index in [-0.39, 0.29) is 12.1 Å². The summed E-state index contributed by atoms with van der Waals surface area (Å²) in [5.41, 5.74) is 0.398. The Kier molecular flexibility index (Phi) is 4.51. The van der Waals surface area contributed by atoms with E-state index in [9.17, 15) is 9.59 Å². The number of nitrogens with zero attached hydrogens (tertiary/aromatic N) is 4. The van der Waals surface area contributed by atoms with Crippen molar-refractivity contribution in [3.05, 3.63) is 80.9 Å². The summed E-state index contributed by atoms with van der Waals surface area (Å²) in [4.78, 5) is 24.5. The maximum atomic E-state index is 12.4. The van der Waals surface area contributed by atoms with Crippen molar-refractivity contribution in [3.63, 3.8) is 0 Å². The van der Waals surface area contributed by atoms with Crippen LogP contribution in [0, 0.1) is 0 Å². The van der Waals surface area contributed by atoms with Crippen LogP contribution in [0.15, 0.2) is 68.3 Å². The number of tetrazole rings is 1. The lowest BCUT2D eigenvalue weighted by molar-refractivity contribution is 0.0946. The van der Waals surface area contributed by atoms with Crippen LogP contribution in [0.4, 0.5) is 0 Å². The van der Waals surface area contributed by atoms with Crippen LogP contribution < -0.4 is 10.9 Å². The van der Waals surface area contributed by atoms with Gasteiger partial charge in [-0.15, -0.1) is 5.10 Å². The molecule has 0 atom stereocenters. The van der Waals surface area contributed by atoms with Gasteiger partial charge in [-0.1, -0.05) is 40.2 Å². The van der Waals surface area contributed by atoms with Crippen molar-refractivity contribution in [2.75, 3.05) is 0 Å². The minimum Gasteiger partial charge on any atom is -0.422 e. The number of benzene rings is 2. The molecule has 0 bridgehead atoms. The highest BCUT2D eigenvalue weighted by Gasteiger charge is 2.15. The minimum atomic E-state index is -0.696. The highest BCUT2D eigenvalue weighted by molar-refractivity contribution is 9.10. The molecule has 27 heavy (non-hydrogen) atoms. The minimum absolute atomic E-state index is 0.0462. The number of rotatable bonds is 4. The number of nitrogens with one attached hydrogen (secondary N) is 1. The molecular weight excluding hydrogens is 414 g/mol. The van der Waals surface area contributed by atoms with Crippen LogP contribution in [0.3, 0.4) is 0 Å². The molecule has 0 saturated heterocycles. The van der Waals surface area contributed by atoms with Crippen LogP contribution in [-0.2, 0) is 6.54 Å². The van der Waals surface area contributed by atoms with E-state index in [1.807, 2.05) is 24.3 Å². The molecule has 2 aromatic carbocycles. The van der Waals surface area contributed by atoms with Gasteiger partial charge in [0, 0.05) is 9.86 Å². The van der Waals surface area contributed by atoms with Crippen molar-refractivity contribution >= 4 is 32.8 Å². The summed E-state index contributed by atoms with van der Waals surface area (Å²) in [7, 11) is 0. The molecule has 2 heterocycles. The predicted octanol–water partition coefficient (Wildman–Crippen LogP) is 2.46. The smallest absolute Gasteiger partial charge is 0.349 e. The molecule has 1 N–H and O–H groups in total. The number of halogens is 1. The number of carbonyl (C=O) groups excluding carboxylic acids is 1. The molecule has 1 amide bonds. The summed E-state index contributed by atoms with van der Waals surface area (Å²) in [5, 5.41) is 14.8. The number of para-hydroxylation sites is 1. The molecule has 134 valence electrons. The Labute approximate surface area is 160 Å². The lowest BCUT2D eigenvalue weighted by Gasteiger charge is -2.07. The first-order chi connectivity index (χ1) is 13.1. The predicted molar refractivity (Wildman–Crippen MR) is 101 cm³/mol. The van der Waals surface area contributed by atoms with Gasteiger partial charge in [0.25, 0.3) is 5.91 Å². The van der Waals surface area contributed by atoms with Gasteiger partial charge < -0.3 is 9.73 Å². The quantitative estimate of drug-likeness (QED) is 0.503. The van der Waals surface area contributed by atoms with E-state index < -0.39 is 11.5 Å². The van der Waals surface area contributed by atoms with Crippen LogP contribution >= 0.6 is 15.9 Å². The summed E-state index contributed by atoms with van der Waals surface area (Å²) in [6.45, 7) is 0.0462. The van der Waals surface area contributed by atoms with Crippen molar-refractivity contribution in [2.24, 2.45) is 0 Å². The lowest BCUT2D eigenvalue weighted by Crippen LogP contribution is -2.29. The molecular formula is C18H12BrN5O3. The summed E-state index contributed by atoms with van der Waals surface area (Å²) in [5.74, 6) is -0.134. The third-order valence-corrected chi connectivity index (χ3v) is 4.37. The number of fused-ring (bicyclic) bond motifs is 1. The van der Waals surface area contributed by atoms with Crippen molar-refractivity contribution in [3.8, 4) is 5.69 Å². The first-order valence-electron chi connectivity index (χ1n) is 7.96. The number of amides is 1. The first kappa shape index (κ1) is 17.1. The fourth-order valence-electron chi connectivity index (χ4n) is 2.60. The molecule has 0 spiro atoms. The third kappa shape index (κ3) is 3.49. The standard InChI is InChI=1S/C18H12BrN5O3/c19-12-5-3-6-13(9-12)24-16(21-22-23-24)10-20-17(25)14-8-11-4-1-2-7-15(11)27-18(14)26/h1-9H,10H2,(H,20,25). The van der Waals surface area contributed by atoms with Crippen molar-refractivity contribution < 1.29 is 9.21 Å². The molecule has 0 saturated carbocycles. The fourth-order valence-corrected chi connectivity index (χ4v) is 2.99. The number of carbonyl (C=O) groups is 1. The van der Waals surface area contributed by atoms with E-state index in [2.05, 4.69) is 36.8 Å². The van der Waals surface area contributed by atoms with E-state index in [0.29, 0.717) is 16.8 Å². The van der Waals surface area contributed by atoms with Gasteiger partial charge in [0.1, 0.15) is 11.1 Å². The summed E-state index contributed by atoms with van der Waals surface area (Å²) < 4.78 is 7.57. The molecule has 2 aromatic heterocycles. The molecule has 0 unspecified atom stereocenters. The van der Waals surface area contributed by atoms with Gasteiger partial charge in [-0.3, -0.25) is 4.79 Å². The second kappa shape index (κ2) is 7.12. The second-order valence-corrected chi connectivity index (χ2v) is 6.57. The Bertz CT molecular complexity index is 1200. The monoisotopic (exact) mass is 425 g/mol. The number of hydrogen-bond acceptors (Lipinski definition) is 6. The average Bonchev–Trinajstić information content (AvgIpc) is 3.14. The highest BCUT2D eigenvalue weighted by atomic mass is 79.9. The van der Waals surface area contributed by atoms with Crippen LogP contribution in [0.25, 0.3) is 16.7 Å². The maximum absolute atomic E-state index is 12.4. The van der Waals surface area contributed by atoms with Gasteiger partial charge >= 0.3 is 5.63 Å². The molecule has 0 fully saturated rings. The zero-order valence-corrected chi connectivity index (χ0v) is 15.4. The van der Waals surface area contributed by atoms with Gasteiger partial charge in [-0.25, -0.2) is 4.79 Å². The Morgan fingerprint density at radius 2 is 2.00 bits per heavy atom. The molecule has 4 aromatic rings. The summed E-state index contributed by atoms with van der Waals surface area (Å²) in [6, 6.07) is 15.9. The summed E-state index contributed by atoms with van der Waals surface area (Å²) >= 11 is 3.40. The Morgan fingerprint density at radius 1 is 1.15 bits per heavy atom. The second-order valence-electron chi connectivity index (χ2n) is 5.65. The molecule has 0 aliphatic carbocycles. The van der Waals surface area contributed by atoms with Gasteiger partial charge in [-0.05, 0) is 40.8 Å². The van der Waals surface area contributed by atoms with Crippen molar-refractivity contribution in [1.82, 2.24) is 25.5 Å². The largest absolute Gasteiger partial charge is 0.422 e. The van der Waals surface area contributed by atoms with Gasteiger partial charge in [0.05, 0.1) is 12.2 Å². The summed E-state index contributed by atoms with van der Waals surface area (Å²) in [6.07, 6.45) is 0. The molecule has 4 rings (SSSR count). The Morgan fingerprint density at radius 3 is 2.85 bits per heavy atom. The van der Waals surface area contributed by atoms with Crippen LogP contribution in [0.5, 0.6) is 0 Å². The van der Waals surface area contributed by atoms with E-state index in [1.54, 1.807) is 24.3 Å². The highest BCUT2D eigenvalue weighted by Crippen LogP contribution is 2.16. The Hall–Kier alpha value is -3.33. The van der Waals surface area contributed by atoms with Crippen molar-refractivity contribution in [1.29, 1.82) is 0 Å². The average molecular weight is 426 g/mol. The lowest BCUT2D eigenvalue weighted by atomic mass is 10.2. The van der Waals surface area contributed by atoms with E-state index >= 15 is 0 Å². The molecule has 0 aliphatic rings. The fraction of sp³-hybridized carbons (Fsp3) is 0.0556. The third-order valence-electron chi connectivity index (χ3n) is 3.88. The van der Waals surface area contributed by atoms with Crippen molar-refractivity contribution in [2.45, 2.75) is 6.54 Å². The molecule has 9 heteroatoms. The van der Waals surface area contributed by atoms with Crippen LogP contribution in [0.2, 0.25) is 0 Å².